The quantitative estimate of drug-likeness (QED) is 0.571. The largest absolute Gasteiger partial charge is 0.368 e. The smallest absolute Gasteiger partial charge is 0.244 e. The molecule has 0 saturated carbocycles. The second kappa shape index (κ2) is 10.7. The zero-order valence-electron chi connectivity index (χ0n) is 17.2. The van der Waals surface area contributed by atoms with Crippen LogP contribution in [-0.4, -0.2) is 61.4 Å². The van der Waals surface area contributed by atoms with E-state index in [0.717, 1.165) is 32.4 Å². The lowest BCUT2D eigenvalue weighted by Gasteiger charge is -2.33. The SMILES string of the molecule is C=CCN(CC=C)C(CNc1ccc(S(=O)(=O)N2CCCCC2)cn1)C(C)C. The third kappa shape index (κ3) is 5.90. The molecule has 0 amide bonds. The third-order valence-electron chi connectivity index (χ3n) is 5.15. The van der Waals surface area contributed by atoms with E-state index < -0.39 is 10.0 Å². The first kappa shape index (κ1) is 22.6. The van der Waals surface area contributed by atoms with Crippen LogP contribution in [-0.2, 0) is 10.0 Å². The Morgan fingerprint density at radius 2 is 1.82 bits per heavy atom. The Morgan fingerprint density at radius 1 is 1.18 bits per heavy atom. The maximum Gasteiger partial charge on any atom is 0.244 e. The van der Waals surface area contributed by atoms with Crippen molar-refractivity contribution in [2.24, 2.45) is 5.92 Å². The van der Waals surface area contributed by atoms with Crippen LogP contribution in [0.2, 0.25) is 0 Å². The molecule has 0 aromatic carbocycles. The van der Waals surface area contributed by atoms with Crippen LogP contribution in [0.3, 0.4) is 0 Å². The number of nitrogens with zero attached hydrogens (tertiary/aromatic N) is 3. The highest BCUT2D eigenvalue weighted by atomic mass is 32.2. The lowest BCUT2D eigenvalue weighted by atomic mass is 10.0. The molecule has 1 N–H and O–H groups in total. The molecule has 28 heavy (non-hydrogen) atoms. The van der Waals surface area contributed by atoms with Crippen LogP contribution in [0.5, 0.6) is 0 Å². The standard InChI is InChI=1S/C21H34N4O2S/c1-5-12-24(13-6-2)20(18(3)4)17-23-21-11-10-19(16-22-21)28(26,27)25-14-8-7-9-15-25/h5-6,10-11,16,18,20H,1-2,7-9,12-15,17H2,3-4H3,(H,22,23). The van der Waals surface area contributed by atoms with Gasteiger partial charge < -0.3 is 5.32 Å². The molecule has 1 saturated heterocycles. The molecule has 1 atom stereocenters. The van der Waals surface area contributed by atoms with Gasteiger partial charge in [-0.1, -0.05) is 32.4 Å². The molecule has 7 heteroatoms. The molecule has 0 aliphatic carbocycles. The summed E-state index contributed by atoms with van der Waals surface area (Å²) in [6, 6.07) is 3.68. The Balaban J connectivity index is 2.04. The molecule has 2 heterocycles. The summed E-state index contributed by atoms with van der Waals surface area (Å²) in [6.07, 6.45) is 8.21. The minimum atomic E-state index is -3.44. The van der Waals surface area contributed by atoms with Crippen LogP contribution in [0.15, 0.2) is 48.5 Å². The van der Waals surface area contributed by atoms with Crippen molar-refractivity contribution in [1.29, 1.82) is 0 Å². The van der Waals surface area contributed by atoms with Crippen molar-refractivity contribution in [1.82, 2.24) is 14.2 Å². The zero-order valence-corrected chi connectivity index (χ0v) is 18.0. The van der Waals surface area contributed by atoms with Gasteiger partial charge in [-0.25, -0.2) is 13.4 Å². The van der Waals surface area contributed by atoms with Gasteiger partial charge in [0.15, 0.2) is 0 Å². The van der Waals surface area contributed by atoms with Gasteiger partial charge in [0.05, 0.1) is 0 Å². The van der Waals surface area contributed by atoms with E-state index in [4.69, 9.17) is 0 Å². The summed E-state index contributed by atoms with van der Waals surface area (Å²) in [7, 11) is -3.44. The fourth-order valence-electron chi connectivity index (χ4n) is 3.56. The van der Waals surface area contributed by atoms with E-state index in [9.17, 15) is 8.42 Å². The second-order valence-corrected chi connectivity index (χ2v) is 9.51. The molecule has 0 spiro atoms. The van der Waals surface area contributed by atoms with Crippen molar-refractivity contribution < 1.29 is 8.42 Å². The molecule has 156 valence electrons. The number of rotatable bonds is 11. The average molecular weight is 407 g/mol. The van der Waals surface area contributed by atoms with E-state index >= 15 is 0 Å². The molecule has 1 aliphatic heterocycles. The lowest BCUT2D eigenvalue weighted by Crippen LogP contribution is -2.44. The highest BCUT2D eigenvalue weighted by Crippen LogP contribution is 2.21. The Kier molecular flexibility index (Phi) is 8.66. The monoisotopic (exact) mass is 406 g/mol. The van der Waals surface area contributed by atoms with Crippen molar-refractivity contribution in [3.63, 3.8) is 0 Å². The van der Waals surface area contributed by atoms with Gasteiger partial charge in [0.2, 0.25) is 10.0 Å². The van der Waals surface area contributed by atoms with Crippen molar-refractivity contribution in [2.45, 2.75) is 44.0 Å². The Bertz CT molecular complexity index is 715. The topological polar surface area (TPSA) is 65.5 Å². The van der Waals surface area contributed by atoms with E-state index in [0.29, 0.717) is 31.4 Å². The number of aromatic nitrogens is 1. The van der Waals surface area contributed by atoms with E-state index in [1.54, 1.807) is 16.4 Å². The van der Waals surface area contributed by atoms with Gasteiger partial charge >= 0.3 is 0 Å². The molecular weight excluding hydrogens is 372 g/mol. The summed E-state index contributed by atoms with van der Waals surface area (Å²) < 4.78 is 27.0. The molecule has 0 bridgehead atoms. The van der Waals surface area contributed by atoms with Crippen LogP contribution in [0.25, 0.3) is 0 Å². The van der Waals surface area contributed by atoms with Crippen molar-refractivity contribution >= 4 is 15.8 Å². The summed E-state index contributed by atoms with van der Waals surface area (Å²) in [6.45, 7) is 15.6. The molecule has 2 rings (SSSR count). The predicted molar refractivity (Wildman–Crippen MR) is 116 cm³/mol. The number of sulfonamides is 1. The van der Waals surface area contributed by atoms with E-state index in [1.807, 2.05) is 12.2 Å². The molecule has 1 aromatic rings. The maximum absolute atomic E-state index is 12.7. The van der Waals surface area contributed by atoms with Gasteiger partial charge in [0, 0.05) is 45.0 Å². The molecule has 6 nitrogen and oxygen atoms in total. The van der Waals surface area contributed by atoms with Crippen LogP contribution < -0.4 is 5.32 Å². The highest BCUT2D eigenvalue weighted by Gasteiger charge is 2.26. The summed E-state index contributed by atoms with van der Waals surface area (Å²) >= 11 is 0. The lowest BCUT2D eigenvalue weighted by molar-refractivity contribution is 0.199. The first-order chi connectivity index (χ1) is 13.4. The van der Waals surface area contributed by atoms with Gasteiger partial charge in [-0.05, 0) is 30.9 Å². The molecule has 1 aromatic heterocycles. The first-order valence-corrected chi connectivity index (χ1v) is 11.5. The predicted octanol–water partition coefficient (Wildman–Crippen LogP) is 3.37. The fourth-order valence-corrected chi connectivity index (χ4v) is 5.03. The number of piperidine rings is 1. The second-order valence-electron chi connectivity index (χ2n) is 7.57. The number of hydrogen-bond donors (Lipinski definition) is 1. The van der Waals surface area contributed by atoms with E-state index in [1.165, 1.54) is 6.20 Å². The van der Waals surface area contributed by atoms with Crippen LogP contribution in [0, 0.1) is 5.92 Å². The average Bonchev–Trinajstić information content (AvgIpc) is 2.69. The number of anilines is 1. The van der Waals surface area contributed by atoms with Gasteiger partial charge in [0.1, 0.15) is 10.7 Å². The van der Waals surface area contributed by atoms with Crippen LogP contribution >= 0.6 is 0 Å². The van der Waals surface area contributed by atoms with Crippen molar-refractivity contribution in [3.8, 4) is 0 Å². The van der Waals surface area contributed by atoms with Crippen molar-refractivity contribution in [3.05, 3.63) is 43.6 Å². The summed E-state index contributed by atoms with van der Waals surface area (Å²) in [4.78, 5) is 6.92. The van der Waals surface area contributed by atoms with Gasteiger partial charge in [-0.15, -0.1) is 13.2 Å². The maximum atomic E-state index is 12.7. The summed E-state index contributed by atoms with van der Waals surface area (Å²) in [5, 5.41) is 3.35. The Morgan fingerprint density at radius 3 is 2.32 bits per heavy atom. The minimum Gasteiger partial charge on any atom is -0.368 e. The number of hydrogen-bond acceptors (Lipinski definition) is 5. The minimum absolute atomic E-state index is 0.264. The van der Waals surface area contributed by atoms with Crippen molar-refractivity contribution in [2.75, 3.05) is 38.0 Å². The number of nitrogens with one attached hydrogen (secondary N) is 1. The molecular formula is C21H34N4O2S. The molecule has 0 radical (unpaired) electrons. The first-order valence-electron chi connectivity index (χ1n) is 10.1. The zero-order chi connectivity index (χ0) is 20.6. The summed E-state index contributed by atoms with van der Waals surface area (Å²) in [5.74, 6) is 1.12. The third-order valence-corrected chi connectivity index (χ3v) is 7.03. The molecule has 1 fully saturated rings. The molecule has 1 unspecified atom stereocenters. The summed E-state index contributed by atoms with van der Waals surface area (Å²) in [5.41, 5.74) is 0. The Labute approximate surface area is 170 Å². The molecule has 1 aliphatic rings. The Hall–Kier alpha value is -1.70. The van der Waals surface area contributed by atoms with Crippen LogP contribution in [0.1, 0.15) is 33.1 Å². The van der Waals surface area contributed by atoms with E-state index in [2.05, 4.69) is 42.2 Å². The highest BCUT2D eigenvalue weighted by molar-refractivity contribution is 7.89. The van der Waals surface area contributed by atoms with Crippen LogP contribution in [0.4, 0.5) is 5.82 Å². The van der Waals surface area contributed by atoms with E-state index in [-0.39, 0.29) is 10.9 Å². The number of pyridine rings is 1. The van der Waals surface area contributed by atoms with Gasteiger partial charge in [-0.3, -0.25) is 4.90 Å². The normalized spacial score (nSPS) is 16.9. The van der Waals surface area contributed by atoms with Gasteiger partial charge in [0.25, 0.3) is 0 Å². The fraction of sp³-hybridized carbons (Fsp3) is 0.571. The van der Waals surface area contributed by atoms with Gasteiger partial charge in [-0.2, -0.15) is 4.31 Å².